The highest BCUT2D eigenvalue weighted by Crippen LogP contribution is 2.44. The summed E-state index contributed by atoms with van der Waals surface area (Å²) < 4.78 is 5.92. The fraction of sp³-hybridized carbons (Fsp3) is 0.562. The third-order valence-electron chi connectivity index (χ3n) is 4.90. The number of benzene rings is 1. The molecule has 0 spiro atoms. The number of aromatic hydroxyl groups is 1. The normalized spacial score (nSPS) is 39.8. The second-order valence-corrected chi connectivity index (χ2v) is 6.07. The van der Waals surface area contributed by atoms with Gasteiger partial charge in [-0.2, -0.15) is 0 Å². The number of rotatable bonds is 2. The Morgan fingerprint density at radius 3 is 2.65 bits per heavy atom. The predicted octanol–water partition coefficient (Wildman–Crippen LogP) is 2.00. The number of hydrogen-bond acceptors (Lipinski definition) is 4. The van der Waals surface area contributed by atoms with E-state index < -0.39 is 6.10 Å². The highest BCUT2D eigenvalue weighted by molar-refractivity contribution is 6.00. The molecular weight excluding hydrogens is 256 g/mol. The zero-order valence-corrected chi connectivity index (χ0v) is 11.7. The number of aliphatic hydroxyl groups is 1. The standard InChI is InChI=1S/C16H20O4/c1-8-13-7-11(16(20-13)9(2)14(8)18)15(19)10-5-3-4-6-12(10)17/h3-6,8-9,11,13-14,16-18H,7H2,1-2H3/t8-,9-,11+,13+,14-,16+/m1/s1. The SMILES string of the molecule is C[C@@H]1[C@H](O)[C@H](C)[C@@H]2C[C@@H](C(=O)c3ccccc3O)[C@H]1O2. The molecule has 3 rings (SSSR count). The first-order valence-electron chi connectivity index (χ1n) is 7.16. The number of carbonyl (C=O) groups excluding carboxylic acids is 1. The first kappa shape index (κ1) is 13.6. The molecule has 2 saturated heterocycles. The van der Waals surface area contributed by atoms with Crippen molar-refractivity contribution in [1.29, 1.82) is 0 Å². The molecule has 2 bridgehead atoms. The summed E-state index contributed by atoms with van der Waals surface area (Å²) in [5, 5.41) is 20.1. The summed E-state index contributed by atoms with van der Waals surface area (Å²) in [6.45, 7) is 3.90. The van der Waals surface area contributed by atoms with Crippen molar-refractivity contribution < 1.29 is 19.7 Å². The van der Waals surface area contributed by atoms with E-state index in [0.29, 0.717) is 12.0 Å². The molecule has 2 aliphatic rings. The molecule has 1 aromatic carbocycles. The van der Waals surface area contributed by atoms with Crippen LogP contribution >= 0.6 is 0 Å². The average molecular weight is 276 g/mol. The molecule has 2 aliphatic heterocycles. The van der Waals surface area contributed by atoms with Gasteiger partial charge in [0.1, 0.15) is 5.75 Å². The Kier molecular flexibility index (Phi) is 3.30. The Balaban J connectivity index is 1.89. The van der Waals surface area contributed by atoms with E-state index in [1.165, 1.54) is 6.07 Å². The molecule has 0 aliphatic carbocycles. The number of phenols is 1. The summed E-state index contributed by atoms with van der Waals surface area (Å²) in [4.78, 5) is 12.6. The Morgan fingerprint density at radius 2 is 1.95 bits per heavy atom. The molecule has 2 N–H and O–H groups in total. The number of hydrogen-bond donors (Lipinski definition) is 2. The molecule has 0 unspecified atom stereocenters. The Bertz CT molecular complexity index is 525. The van der Waals surface area contributed by atoms with Gasteiger partial charge in [-0.3, -0.25) is 4.79 Å². The molecule has 0 aromatic heterocycles. The largest absolute Gasteiger partial charge is 0.507 e. The zero-order valence-electron chi connectivity index (χ0n) is 11.7. The van der Waals surface area contributed by atoms with Gasteiger partial charge in [-0.15, -0.1) is 0 Å². The van der Waals surface area contributed by atoms with Crippen LogP contribution in [0.3, 0.4) is 0 Å². The molecular formula is C16H20O4. The summed E-state index contributed by atoms with van der Waals surface area (Å²) in [6, 6.07) is 6.61. The van der Waals surface area contributed by atoms with E-state index in [0.717, 1.165) is 0 Å². The molecule has 2 fully saturated rings. The maximum atomic E-state index is 12.6. The molecule has 0 amide bonds. The molecule has 0 saturated carbocycles. The van der Waals surface area contributed by atoms with Crippen LogP contribution in [-0.4, -0.2) is 34.3 Å². The smallest absolute Gasteiger partial charge is 0.172 e. The number of ketones is 1. The first-order valence-corrected chi connectivity index (χ1v) is 7.16. The number of fused-ring (bicyclic) bond motifs is 2. The highest BCUT2D eigenvalue weighted by Gasteiger charge is 2.52. The van der Waals surface area contributed by atoms with Crippen LogP contribution in [0.15, 0.2) is 24.3 Å². The average Bonchev–Trinajstić information content (AvgIpc) is 2.85. The van der Waals surface area contributed by atoms with Crippen LogP contribution in [0.25, 0.3) is 0 Å². The Morgan fingerprint density at radius 1 is 1.25 bits per heavy atom. The minimum Gasteiger partial charge on any atom is -0.507 e. The summed E-state index contributed by atoms with van der Waals surface area (Å²) >= 11 is 0. The van der Waals surface area contributed by atoms with E-state index in [1.807, 2.05) is 13.8 Å². The van der Waals surface area contributed by atoms with Crippen molar-refractivity contribution in [3.05, 3.63) is 29.8 Å². The molecule has 20 heavy (non-hydrogen) atoms. The molecule has 6 atom stereocenters. The van der Waals surface area contributed by atoms with Crippen LogP contribution in [0.5, 0.6) is 5.75 Å². The van der Waals surface area contributed by atoms with Crippen molar-refractivity contribution >= 4 is 5.78 Å². The summed E-state index contributed by atoms with van der Waals surface area (Å²) in [6.07, 6.45) is -0.120. The second kappa shape index (κ2) is 4.86. The summed E-state index contributed by atoms with van der Waals surface area (Å²) in [5.41, 5.74) is 0.350. The van der Waals surface area contributed by atoms with Crippen molar-refractivity contribution in [2.24, 2.45) is 17.8 Å². The number of aliphatic hydroxyl groups excluding tert-OH is 1. The van der Waals surface area contributed by atoms with Gasteiger partial charge in [0, 0.05) is 11.8 Å². The minimum atomic E-state index is -0.430. The van der Waals surface area contributed by atoms with Crippen molar-refractivity contribution in [3.8, 4) is 5.75 Å². The minimum absolute atomic E-state index is 0.0141. The van der Waals surface area contributed by atoms with Crippen molar-refractivity contribution in [2.75, 3.05) is 0 Å². The number of Topliss-reactive ketones (excluding diaryl/α,β-unsaturated/α-hetero) is 1. The van der Waals surface area contributed by atoms with E-state index >= 15 is 0 Å². The van der Waals surface area contributed by atoms with Crippen LogP contribution in [0.2, 0.25) is 0 Å². The van der Waals surface area contributed by atoms with Gasteiger partial charge >= 0.3 is 0 Å². The van der Waals surface area contributed by atoms with Crippen molar-refractivity contribution in [3.63, 3.8) is 0 Å². The van der Waals surface area contributed by atoms with Gasteiger partial charge in [-0.05, 0) is 18.6 Å². The first-order chi connectivity index (χ1) is 9.50. The van der Waals surface area contributed by atoms with Gasteiger partial charge in [0.15, 0.2) is 5.78 Å². The number of carbonyl (C=O) groups is 1. The molecule has 1 aromatic rings. The van der Waals surface area contributed by atoms with E-state index in [1.54, 1.807) is 18.2 Å². The number of para-hydroxylation sites is 1. The van der Waals surface area contributed by atoms with E-state index in [-0.39, 0.29) is 41.5 Å². The van der Waals surface area contributed by atoms with Crippen LogP contribution in [0, 0.1) is 17.8 Å². The van der Waals surface area contributed by atoms with Crippen LogP contribution in [0.1, 0.15) is 30.6 Å². The highest BCUT2D eigenvalue weighted by atomic mass is 16.5. The lowest BCUT2D eigenvalue weighted by atomic mass is 9.83. The lowest BCUT2D eigenvalue weighted by Gasteiger charge is -2.37. The lowest BCUT2D eigenvalue weighted by Crippen LogP contribution is -2.45. The topological polar surface area (TPSA) is 66.8 Å². The molecule has 4 heteroatoms. The molecule has 4 nitrogen and oxygen atoms in total. The van der Waals surface area contributed by atoms with E-state index in [9.17, 15) is 15.0 Å². The van der Waals surface area contributed by atoms with Crippen LogP contribution < -0.4 is 0 Å². The van der Waals surface area contributed by atoms with E-state index in [2.05, 4.69) is 0 Å². The van der Waals surface area contributed by atoms with Crippen molar-refractivity contribution in [2.45, 2.75) is 38.6 Å². The van der Waals surface area contributed by atoms with Gasteiger partial charge in [0.05, 0.1) is 29.8 Å². The monoisotopic (exact) mass is 276 g/mol. The lowest BCUT2D eigenvalue weighted by molar-refractivity contribution is -0.129. The predicted molar refractivity (Wildman–Crippen MR) is 73.5 cm³/mol. The van der Waals surface area contributed by atoms with E-state index in [4.69, 9.17) is 4.74 Å². The fourth-order valence-corrected chi connectivity index (χ4v) is 3.60. The van der Waals surface area contributed by atoms with Gasteiger partial charge in [0.25, 0.3) is 0 Å². The third-order valence-corrected chi connectivity index (χ3v) is 4.90. The fourth-order valence-electron chi connectivity index (χ4n) is 3.60. The summed E-state index contributed by atoms with van der Waals surface area (Å²) in [5.74, 6) is -0.362. The number of ether oxygens (including phenoxy) is 1. The second-order valence-electron chi connectivity index (χ2n) is 6.07. The van der Waals surface area contributed by atoms with Gasteiger partial charge in [-0.1, -0.05) is 26.0 Å². The maximum absolute atomic E-state index is 12.6. The van der Waals surface area contributed by atoms with Gasteiger partial charge < -0.3 is 14.9 Å². The van der Waals surface area contributed by atoms with Crippen molar-refractivity contribution in [1.82, 2.24) is 0 Å². The summed E-state index contributed by atoms with van der Waals surface area (Å²) in [7, 11) is 0. The maximum Gasteiger partial charge on any atom is 0.172 e. The Labute approximate surface area is 118 Å². The van der Waals surface area contributed by atoms with Gasteiger partial charge in [0.2, 0.25) is 0 Å². The van der Waals surface area contributed by atoms with Gasteiger partial charge in [-0.25, -0.2) is 0 Å². The van der Waals surface area contributed by atoms with Crippen LogP contribution in [0.4, 0.5) is 0 Å². The molecule has 0 radical (unpaired) electrons. The quantitative estimate of drug-likeness (QED) is 0.811. The Hall–Kier alpha value is -1.39. The molecule has 2 heterocycles. The third kappa shape index (κ3) is 1.95. The number of phenolic OH excluding ortho intramolecular Hbond substituents is 1. The van der Waals surface area contributed by atoms with Crippen LogP contribution in [-0.2, 0) is 4.74 Å². The zero-order chi connectivity index (χ0) is 14.4. The molecule has 108 valence electrons.